The second-order valence-corrected chi connectivity index (χ2v) is 10.9. The van der Waals surface area contributed by atoms with Crippen molar-refractivity contribution in [3.8, 4) is 11.5 Å². The Kier molecular flexibility index (Phi) is 8.08. The smallest absolute Gasteiger partial charge is 0.251 e. The Balaban J connectivity index is 1.03. The van der Waals surface area contributed by atoms with Crippen LogP contribution in [0.3, 0.4) is 0 Å². The zero-order valence-corrected chi connectivity index (χ0v) is 23.3. The lowest BCUT2D eigenvalue weighted by molar-refractivity contribution is 0.0948. The van der Waals surface area contributed by atoms with Gasteiger partial charge in [0.05, 0.1) is 12.8 Å². The summed E-state index contributed by atoms with van der Waals surface area (Å²) in [6.45, 7) is 5.00. The van der Waals surface area contributed by atoms with Crippen molar-refractivity contribution in [1.29, 1.82) is 0 Å². The van der Waals surface area contributed by atoms with Crippen molar-refractivity contribution in [2.24, 2.45) is 0 Å². The number of thioether (sulfide) groups is 1. The van der Waals surface area contributed by atoms with E-state index in [-0.39, 0.29) is 12.7 Å². The summed E-state index contributed by atoms with van der Waals surface area (Å²) >= 11 is 7.89. The Morgan fingerprint density at radius 1 is 0.950 bits per heavy atom. The van der Waals surface area contributed by atoms with Crippen molar-refractivity contribution in [3.05, 3.63) is 94.5 Å². The number of ether oxygens (including phenoxy) is 2. The maximum atomic E-state index is 12.6. The highest BCUT2D eigenvalue weighted by Gasteiger charge is 2.21. The molecule has 0 bridgehead atoms. The molecule has 6 rings (SSSR count). The number of carbonyl (C=O) groups excluding carboxylic acids is 1. The Morgan fingerprint density at radius 2 is 1.82 bits per heavy atom. The van der Waals surface area contributed by atoms with E-state index < -0.39 is 0 Å². The monoisotopic (exact) mass is 577 g/mol. The number of nitrogens with one attached hydrogen (secondary N) is 1. The minimum absolute atomic E-state index is 0.151. The van der Waals surface area contributed by atoms with Gasteiger partial charge in [0.15, 0.2) is 16.7 Å². The number of hydrogen-bond donors (Lipinski definition) is 1. The lowest BCUT2D eigenvalue weighted by atomic mass is 10.1. The summed E-state index contributed by atoms with van der Waals surface area (Å²) in [5, 5.41) is 3.91. The number of halogens is 1. The van der Waals surface area contributed by atoms with Gasteiger partial charge in [-0.25, -0.2) is 9.97 Å². The van der Waals surface area contributed by atoms with Crippen molar-refractivity contribution >= 4 is 35.1 Å². The van der Waals surface area contributed by atoms with Gasteiger partial charge in [0, 0.05) is 50.1 Å². The summed E-state index contributed by atoms with van der Waals surface area (Å²) in [5.41, 5.74) is 2.80. The summed E-state index contributed by atoms with van der Waals surface area (Å²) in [6, 6.07) is 19.1. The van der Waals surface area contributed by atoms with Gasteiger partial charge in [0.25, 0.3) is 5.91 Å². The maximum absolute atomic E-state index is 12.6. The van der Waals surface area contributed by atoms with Crippen LogP contribution < -0.4 is 19.7 Å². The number of rotatable bonds is 9. The molecule has 9 nitrogen and oxygen atoms in total. The van der Waals surface area contributed by atoms with E-state index in [2.05, 4.69) is 32.2 Å². The molecule has 2 aliphatic rings. The van der Waals surface area contributed by atoms with Crippen LogP contribution in [0.2, 0.25) is 5.15 Å². The van der Waals surface area contributed by atoms with Crippen molar-refractivity contribution in [2.75, 3.05) is 37.9 Å². The second-order valence-electron chi connectivity index (χ2n) is 9.53. The number of amides is 1. The molecule has 4 heterocycles. The standard InChI is InChI=1S/C29H28ClN5O4S/c30-26-15-27(35-10-8-34(9-11-35)17-20-6-7-24-25(14-20)39-19-38-24)33-29(32-26)40-18-21-3-1-4-22(13-21)28(36)31-16-23-5-2-12-37-23/h1-7,12-15H,8-11,16-19H2,(H,31,36). The van der Waals surface area contributed by atoms with Gasteiger partial charge >= 0.3 is 0 Å². The number of piperazine rings is 1. The molecule has 0 spiro atoms. The zero-order valence-electron chi connectivity index (χ0n) is 21.7. The highest BCUT2D eigenvalue weighted by atomic mass is 35.5. The van der Waals surface area contributed by atoms with Crippen LogP contribution in [0, 0.1) is 0 Å². The first-order valence-corrected chi connectivity index (χ1v) is 14.4. The normalized spacial score (nSPS) is 14.9. The van der Waals surface area contributed by atoms with E-state index in [1.807, 2.05) is 36.4 Å². The first-order valence-electron chi connectivity index (χ1n) is 13.0. The Morgan fingerprint density at radius 3 is 2.67 bits per heavy atom. The number of fused-ring (bicyclic) bond motifs is 1. The quantitative estimate of drug-likeness (QED) is 0.168. The second kappa shape index (κ2) is 12.2. The molecule has 0 unspecified atom stereocenters. The largest absolute Gasteiger partial charge is 0.467 e. The molecule has 1 saturated heterocycles. The molecule has 2 aromatic carbocycles. The molecular weight excluding hydrogens is 550 g/mol. The van der Waals surface area contributed by atoms with Crippen LogP contribution >= 0.6 is 23.4 Å². The third-order valence-electron chi connectivity index (χ3n) is 6.76. The summed E-state index contributed by atoms with van der Waals surface area (Å²) in [4.78, 5) is 26.5. The molecule has 40 heavy (non-hydrogen) atoms. The number of furan rings is 1. The van der Waals surface area contributed by atoms with E-state index in [0.29, 0.717) is 33.9 Å². The minimum atomic E-state index is -0.151. The third kappa shape index (κ3) is 6.52. The molecule has 2 aliphatic heterocycles. The van der Waals surface area contributed by atoms with Gasteiger partial charge in [-0.1, -0.05) is 41.6 Å². The molecule has 0 aliphatic carbocycles. The van der Waals surface area contributed by atoms with Crippen molar-refractivity contribution in [1.82, 2.24) is 20.2 Å². The van der Waals surface area contributed by atoms with Crippen molar-refractivity contribution in [2.45, 2.75) is 24.0 Å². The molecule has 2 aromatic heterocycles. The van der Waals surface area contributed by atoms with Crippen LogP contribution in [0.25, 0.3) is 0 Å². The molecule has 1 N–H and O–H groups in total. The van der Waals surface area contributed by atoms with Crippen LogP contribution in [0.15, 0.2) is 76.5 Å². The molecule has 0 atom stereocenters. The molecule has 0 radical (unpaired) electrons. The molecule has 0 saturated carbocycles. The summed E-state index contributed by atoms with van der Waals surface area (Å²) in [6.07, 6.45) is 1.59. The molecule has 1 amide bonds. The topological polar surface area (TPSA) is 93.0 Å². The molecule has 4 aromatic rings. The van der Waals surface area contributed by atoms with Crippen LogP contribution in [0.5, 0.6) is 11.5 Å². The SMILES string of the molecule is O=C(NCc1ccco1)c1cccc(CSc2nc(Cl)cc(N3CCN(Cc4ccc5c(c4)OCO5)CC3)n2)c1. The van der Waals surface area contributed by atoms with Crippen molar-refractivity contribution < 1.29 is 18.7 Å². The highest BCUT2D eigenvalue weighted by Crippen LogP contribution is 2.33. The minimum Gasteiger partial charge on any atom is -0.467 e. The van der Waals surface area contributed by atoms with Gasteiger partial charge in [-0.15, -0.1) is 0 Å². The van der Waals surface area contributed by atoms with Gasteiger partial charge in [0.1, 0.15) is 16.7 Å². The van der Waals surface area contributed by atoms with Crippen LogP contribution in [-0.2, 0) is 18.8 Å². The number of aromatic nitrogens is 2. The van der Waals surface area contributed by atoms with Crippen LogP contribution in [0.1, 0.15) is 27.2 Å². The van der Waals surface area contributed by atoms with Crippen LogP contribution in [-0.4, -0.2) is 53.7 Å². The predicted octanol–water partition coefficient (Wildman–Crippen LogP) is 5.00. The van der Waals surface area contributed by atoms with E-state index in [1.54, 1.807) is 18.4 Å². The van der Waals surface area contributed by atoms with E-state index in [4.69, 9.17) is 30.5 Å². The summed E-state index contributed by atoms with van der Waals surface area (Å²) < 4.78 is 16.2. The van der Waals surface area contributed by atoms with Gasteiger partial charge in [0.2, 0.25) is 6.79 Å². The van der Waals surface area contributed by atoms with Crippen LogP contribution in [0.4, 0.5) is 5.82 Å². The Hall–Kier alpha value is -3.73. The van der Waals surface area contributed by atoms with Crippen molar-refractivity contribution in [3.63, 3.8) is 0 Å². The van der Waals surface area contributed by atoms with Gasteiger partial charge in [-0.05, 0) is 47.5 Å². The van der Waals surface area contributed by atoms with E-state index >= 15 is 0 Å². The summed E-state index contributed by atoms with van der Waals surface area (Å²) in [7, 11) is 0. The Bertz CT molecular complexity index is 1480. The van der Waals surface area contributed by atoms with Gasteiger partial charge in [-0.2, -0.15) is 0 Å². The fourth-order valence-electron chi connectivity index (χ4n) is 4.68. The number of carbonyl (C=O) groups is 1. The lowest BCUT2D eigenvalue weighted by Crippen LogP contribution is -2.46. The van der Waals surface area contributed by atoms with E-state index in [9.17, 15) is 4.79 Å². The third-order valence-corrected chi connectivity index (χ3v) is 7.87. The first-order chi connectivity index (χ1) is 19.6. The first kappa shape index (κ1) is 26.5. The number of anilines is 1. The maximum Gasteiger partial charge on any atom is 0.251 e. The summed E-state index contributed by atoms with van der Waals surface area (Å²) in [5.74, 6) is 3.63. The molecular formula is C29H28ClN5O4S. The fourth-order valence-corrected chi connectivity index (χ4v) is 5.70. The lowest BCUT2D eigenvalue weighted by Gasteiger charge is -2.35. The fraction of sp³-hybridized carbons (Fsp3) is 0.276. The Labute approximate surface area is 241 Å². The van der Waals surface area contributed by atoms with E-state index in [0.717, 1.165) is 55.6 Å². The average molecular weight is 578 g/mol. The predicted molar refractivity (Wildman–Crippen MR) is 153 cm³/mol. The molecule has 206 valence electrons. The van der Waals surface area contributed by atoms with E-state index in [1.165, 1.54) is 17.3 Å². The molecule has 11 heteroatoms. The van der Waals surface area contributed by atoms with Gasteiger partial charge in [-0.3, -0.25) is 9.69 Å². The average Bonchev–Trinajstić information content (AvgIpc) is 3.67. The number of nitrogens with zero attached hydrogens (tertiary/aromatic N) is 4. The zero-order chi connectivity index (χ0) is 27.3. The molecule has 1 fully saturated rings. The highest BCUT2D eigenvalue weighted by molar-refractivity contribution is 7.98. The number of hydrogen-bond acceptors (Lipinski definition) is 9. The number of benzene rings is 2. The van der Waals surface area contributed by atoms with Gasteiger partial charge < -0.3 is 24.1 Å².